The number of esters is 1. The fourth-order valence-electron chi connectivity index (χ4n) is 4.36. The number of benzene rings is 2. The number of likely N-dealkylation sites (tertiary alicyclic amines) is 1. The van der Waals surface area contributed by atoms with Crippen LogP contribution in [-0.2, 0) is 20.8 Å². The van der Waals surface area contributed by atoms with E-state index in [2.05, 4.69) is 10.2 Å². The minimum Gasteiger partial charge on any atom is -0.465 e. The monoisotopic (exact) mass is 493 g/mol. The van der Waals surface area contributed by atoms with Crippen molar-refractivity contribution in [3.63, 3.8) is 0 Å². The molecule has 8 nitrogen and oxygen atoms in total. The summed E-state index contributed by atoms with van der Waals surface area (Å²) in [5, 5.41) is 10.7. The first-order valence-electron chi connectivity index (χ1n) is 11.8. The summed E-state index contributed by atoms with van der Waals surface area (Å²) in [7, 11) is 1.35. The molecule has 0 aliphatic carbocycles. The second kappa shape index (κ2) is 10.5. The van der Waals surface area contributed by atoms with Crippen LogP contribution in [0.25, 0.3) is 10.6 Å². The standard InChI is InChI=1S/C26H27N3O5S/c1-32-26(31)19-4-5-20(16-29-12-2-3-23(29)30)22(15-19)34-21-8-6-17(7-9-21)24-27-28-25(35-24)18-10-13-33-14-11-18/h4-9,15,18H,2-3,10-14,16H2,1H3. The molecule has 0 spiro atoms. The van der Waals surface area contributed by atoms with Gasteiger partial charge in [-0.3, -0.25) is 4.79 Å². The Balaban J connectivity index is 1.34. The molecule has 2 fully saturated rings. The fourth-order valence-corrected chi connectivity index (χ4v) is 5.37. The molecule has 1 amide bonds. The van der Waals surface area contributed by atoms with Crippen LogP contribution in [0.1, 0.15) is 52.5 Å². The maximum Gasteiger partial charge on any atom is 0.337 e. The average molecular weight is 494 g/mol. The molecule has 0 bridgehead atoms. The Morgan fingerprint density at radius 2 is 1.94 bits per heavy atom. The van der Waals surface area contributed by atoms with E-state index in [1.165, 1.54) is 7.11 Å². The van der Waals surface area contributed by atoms with Crippen LogP contribution in [0.5, 0.6) is 11.5 Å². The molecule has 1 aromatic heterocycles. The normalized spacial score (nSPS) is 16.5. The van der Waals surface area contributed by atoms with Crippen LogP contribution in [0.3, 0.4) is 0 Å². The van der Waals surface area contributed by atoms with E-state index < -0.39 is 5.97 Å². The summed E-state index contributed by atoms with van der Waals surface area (Å²) in [6, 6.07) is 12.8. The maximum absolute atomic E-state index is 12.1. The highest BCUT2D eigenvalue weighted by molar-refractivity contribution is 7.14. The van der Waals surface area contributed by atoms with Gasteiger partial charge in [0.1, 0.15) is 21.5 Å². The Labute approximate surface area is 207 Å². The molecular formula is C26H27N3O5S. The van der Waals surface area contributed by atoms with Crippen molar-refractivity contribution in [1.29, 1.82) is 0 Å². The number of aromatic nitrogens is 2. The number of carbonyl (C=O) groups is 2. The Bertz CT molecular complexity index is 1200. The Morgan fingerprint density at radius 1 is 1.14 bits per heavy atom. The van der Waals surface area contributed by atoms with E-state index in [1.54, 1.807) is 23.5 Å². The van der Waals surface area contributed by atoms with Gasteiger partial charge in [-0.25, -0.2) is 4.79 Å². The van der Waals surface area contributed by atoms with E-state index in [4.69, 9.17) is 14.2 Å². The van der Waals surface area contributed by atoms with Crippen molar-refractivity contribution in [1.82, 2.24) is 15.1 Å². The van der Waals surface area contributed by atoms with Gasteiger partial charge in [-0.2, -0.15) is 0 Å². The van der Waals surface area contributed by atoms with Crippen molar-refractivity contribution in [2.24, 2.45) is 0 Å². The van der Waals surface area contributed by atoms with Gasteiger partial charge in [0.25, 0.3) is 0 Å². The van der Waals surface area contributed by atoms with Crippen molar-refractivity contribution >= 4 is 23.2 Å². The smallest absolute Gasteiger partial charge is 0.337 e. The predicted octanol–water partition coefficient (Wildman–Crippen LogP) is 4.80. The van der Waals surface area contributed by atoms with E-state index in [1.807, 2.05) is 35.2 Å². The van der Waals surface area contributed by atoms with Crippen LogP contribution in [0, 0.1) is 0 Å². The largest absolute Gasteiger partial charge is 0.465 e. The lowest BCUT2D eigenvalue weighted by Gasteiger charge is -2.19. The van der Waals surface area contributed by atoms with Crippen LogP contribution < -0.4 is 4.74 Å². The summed E-state index contributed by atoms with van der Waals surface area (Å²) >= 11 is 1.62. The van der Waals surface area contributed by atoms with E-state index in [0.29, 0.717) is 35.9 Å². The molecule has 2 aromatic carbocycles. The number of methoxy groups -OCH3 is 1. The second-order valence-corrected chi connectivity index (χ2v) is 9.70. The molecule has 0 unspecified atom stereocenters. The van der Waals surface area contributed by atoms with Gasteiger partial charge >= 0.3 is 5.97 Å². The van der Waals surface area contributed by atoms with Gasteiger partial charge in [0.2, 0.25) is 5.91 Å². The highest BCUT2D eigenvalue weighted by atomic mass is 32.1. The zero-order chi connectivity index (χ0) is 24.2. The molecular weight excluding hydrogens is 466 g/mol. The first-order valence-corrected chi connectivity index (χ1v) is 12.6. The Morgan fingerprint density at radius 3 is 2.66 bits per heavy atom. The summed E-state index contributed by atoms with van der Waals surface area (Å²) in [6.07, 6.45) is 3.40. The summed E-state index contributed by atoms with van der Waals surface area (Å²) in [4.78, 5) is 26.0. The van der Waals surface area contributed by atoms with Crippen molar-refractivity contribution in [2.75, 3.05) is 26.9 Å². The minimum absolute atomic E-state index is 0.134. The molecule has 0 radical (unpaired) electrons. The summed E-state index contributed by atoms with van der Waals surface area (Å²) in [6.45, 7) is 2.71. The van der Waals surface area contributed by atoms with Crippen LogP contribution >= 0.6 is 11.3 Å². The number of amides is 1. The number of nitrogens with zero attached hydrogens (tertiary/aromatic N) is 3. The summed E-state index contributed by atoms with van der Waals surface area (Å²) < 4.78 is 16.5. The molecule has 182 valence electrons. The van der Waals surface area contributed by atoms with Gasteiger partial charge in [0.05, 0.1) is 12.7 Å². The lowest BCUT2D eigenvalue weighted by molar-refractivity contribution is -0.128. The molecule has 35 heavy (non-hydrogen) atoms. The van der Waals surface area contributed by atoms with Gasteiger partial charge in [0.15, 0.2) is 0 Å². The lowest BCUT2D eigenvalue weighted by Crippen LogP contribution is -2.24. The molecule has 5 rings (SSSR count). The highest BCUT2D eigenvalue weighted by Gasteiger charge is 2.23. The van der Waals surface area contributed by atoms with Crippen molar-refractivity contribution in [3.8, 4) is 22.1 Å². The highest BCUT2D eigenvalue weighted by Crippen LogP contribution is 2.34. The molecule has 0 atom stereocenters. The van der Waals surface area contributed by atoms with Crippen LogP contribution in [0.15, 0.2) is 42.5 Å². The van der Waals surface area contributed by atoms with Gasteiger partial charge in [-0.05, 0) is 55.7 Å². The first kappa shape index (κ1) is 23.4. The number of rotatable bonds is 7. The van der Waals surface area contributed by atoms with Gasteiger partial charge < -0.3 is 19.1 Å². The quantitative estimate of drug-likeness (QED) is 0.437. The minimum atomic E-state index is -0.439. The molecule has 2 aliphatic heterocycles. The third-order valence-electron chi connectivity index (χ3n) is 6.36. The van der Waals surface area contributed by atoms with Crippen molar-refractivity contribution in [2.45, 2.75) is 38.1 Å². The Kier molecular flexibility index (Phi) is 7.06. The summed E-state index contributed by atoms with van der Waals surface area (Å²) in [5.74, 6) is 1.26. The van der Waals surface area contributed by atoms with Gasteiger partial charge in [-0.1, -0.05) is 17.4 Å². The lowest BCUT2D eigenvalue weighted by atomic mass is 10.0. The fraction of sp³-hybridized carbons (Fsp3) is 0.385. The first-order chi connectivity index (χ1) is 17.1. The summed E-state index contributed by atoms with van der Waals surface area (Å²) in [5.41, 5.74) is 2.20. The zero-order valence-electron chi connectivity index (χ0n) is 19.6. The molecule has 9 heteroatoms. The van der Waals surface area contributed by atoms with Crippen LogP contribution in [0.2, 0.25) is 0 Å². The van der Waals surface area contributed by atoms with Gasteiger partial charge in [-0.15, -0.1) is 10.2 Å². The molecule has 2 aliphatic rings. The molecule has 0 N–H and O–H groups in total. The maximum atomic E-state index is 12.1. The van der Waals surface area contributed by atoms with Gasteiger partial charge in [0, 0.05) is 49.8 Å². The predicted molar refractivity (Wildman–Crippen MR) is 131 cm³/mol. The number of hydrogen-bond donors (Lipinski definition) is 0. The Hall–Kier alpha value is -3.30. The van der Waals surface area contributed by atoms with Crippen molar-refractivity contribution in [3.05, 3.63) is 58.6 Å². The third-order valence-corrected chi connectivity index (χ3v) is 7.50. The molecule has 3 heterocycles. The molecule has 2 saturated heterocycles. The zero-order valence-corrected chi connectivity index (χ0v) is 20.4. The van der Waals surface area contributed by atoms with Crippen molar-refractivity contribution < 1.29 is 23.8 Å². The average Bonchev–Trinajstić information content (AvgIpc) is 3.55. The van der Waals surface area contributed by atoms with Crippen LogP contribution in [-0.4, -0.2) is 53.8 Å². The number of hydrogen-bond acceptors (Lipinski definition) is 8. The van der Waals surface area contributed by atoms with E-state index in [0.717, 1.165) is 60.2 Å². The third kappa shape index (κ3) is 5.36. The second-order valence-electron chi connectivity index (χ2n) is 8.69. The number of ether oxygens (including phenoxy) is 3. The van der Waals surface area contributed by atoms with E-state index in [9.17, 15) is 9.59 Å². The van der Waals surface area contributed by atoms with Crippen LogP contribution in [0.4, 0.5) is 0 Å². The number of carbonyl (C=O) groups excluding carboxylic acids is 2. The molecule has 0 saturated carbocycles. The molecule has 3 aromatic rings. The van der Waals surface area contributed by atoms with E-state index >= 15 is 0 Å². The SMILES string of the molecule is COC(=O)c1ccc(CN2CCCC2=O)c(Oc2ccc(-c3nnc(C4CCOCC4)s3)cc2)c1. The topological polar surface area (TPSA) is 90.9 Å². The van der Waals surface area contributed by atoms with E-state index in [-0.39, 0.29) is 5.91 Å².